The zero-order chi connectivity index (χ0) is 10.7. The van der Waals surface area contributed by atoms with Gasteiger partial charge in [-0.15, -0.1) is 0 Å². The summed E-state index contributed by atoms with van der Waals surface area (Å²) in [6.07, 6.45) is 2.16. The van der Waals surface area contributed by atoms with E-state index in [9.17, 15) is 4.39 Å². The van der Waals surface area contributed by atoms with Gasteiger partial charge in [0.15, 0.2) is 0 Å². The summed E-state index contributed by atoms with van der Waals surface area (Å²) in [4.78, 5) is 0. The maximum absolute atomic E-state index is 12.9. The summed E-state index contributed by atoms with van der Waals surface area (Å²) in [6.45, 7) is 0. The SMILES string of the molecule is NC(Cc1cccc(F)c1)c1ccco1. The summed E-state index contributed by atoms with van der Waals surface area (Å²) >= 11 is 0. The van der Waals surface area contributed by atoms with Gasteiger partial charge in [-0.05, 0) is 36.2 Å². The lowest BCUT2D eigenvalue weighted by atomic mass is 10.0. The molecule has 3 heteroatoms. The van der Waals surface area contributed by atoms with Gasteiger partial charge < -0.3 is 10.2 Å². The molecule has 1 aromatic heterocycles. The van der Waals surface area contributed by atoms with Crippen molar-refractivity contribution < 1.29 is 8.81 Å². The second-order valence-corrected chi connectivity index (χ2v) is 3.46. The van der Waals surface area contributed by atoms with Crippen molar-refractivity contribution >= 4 is 0 Å². The van der Waals surface area contributed by atoms with Crippen LogP contribution in [0.15, 0.2) is 47.1 Å². The Balaban J connectivity index is 2.09. The molecule has 0 aliphatic rings. The highest BCUT2D eigenvalue weighted by atomic mass is 19.1. The van der Waals surface area contributed by atoms with Crippen molar-refractivity contribution in [1.29, 1.82) is 0 Å². The molecule has 1 unspecified atom stereocenters. The van der Waals surface area contributed by atoms with E-state index >= 15 is 0 Å². The molecule has 2 aromatic rings. The Morgan fingerprint density at radius 1 is 1.27 bits per heavy atom. The number of hydrogen-bond acceptors (Lipinski definition) is 2. The summed E-state index contributed by atoms with van der Waals surface area (Å²) in [5.74, 6) is 0.485. The molecule has 1 aromatic carbocycles. The molecule has 0 aliphatic carbocycles. The quantitative estimate of drug-likeness (QED) is 0.836. The highest BCUT2D eigenvalue weighted by Crippen LogP contribution is 2.16. The van der Waals surface area contributed by atoms with Crippen LogP contribution in [0.4, 0.5) is 4.39 Å². The molecule has 15 heavy (non-hydrogen) atoms. The second-order valence-electron chi connectivity index (χ2n) is 3.46. The van der Waals surface area contributed by atoms with Gasteiger partial charge in [0, 0.05) is 0 Å². The molecule has 78 valence electrons. The molecule has 0 aliphatic heterocycles. The predicted molar refractivity (Wildman–Crippen MR) is 55.7 cm³/mol. The second kappa shape index (κ2) is 4.28. The van der Waals surface area contributed by atoms with Crippen molar-refractivity contribution in [1.82, 2.24) is 0 Å². The number of benzene rings is 1. The molecule has 0 fully saturated rings. The maximum Gasteiger partial charge on any atom is 0.123 e. The van der Waals surface area contributed by atoms with Crippen LogP contribution in [0, 0.1) is 5.82 Å². The van der Waals surface area contributed by atoms with Gasteiger partial charge in [0.05, 0.1) is 12.3 Å². The van der Waals surface area contributed by atoms with Crippen LogP contribution in [0.25, 0.3) is 0 Å². The molecule has 0 amide bonds. The first-order valence-corrected chi connectivity index (χ1v) is 4.79. The fourth-order valence-electron chi connectivity index (χ4n) is 1.52. The minimum absolute atomic E-state index is 0.221. The van der Waals surface area contributed by atoms with Gasteiger partial charge in [-0.3, -0.25) is 0 Å². The van der Waals surface area contributed by atoms with E-state index in [0.717, 1.165) is 11.3 Å². The van der Waals surface area contributed by atoms with Crippen molar-refractivity contribution in [2.45, 2.75) is 12.5 Å². The van der Waals surface area contributed by atoms with Gasteiger partial charge in [0.25, 0.3) is 0 Å². The third kappa shape index (κ3) is 2.44. The molecule has 0 saturated heterocycles. The van der Waals surface area contributed by atoms with Gasteiger partial charge in [-0.1, -0.05) is 12.1 Å². The predicted octanol–water partition coefficient (Wildman–Crippen LogP) is 2.66. The Kier molecular flexibility index (Phi) is 2.83. The number of nitrogens with two attached hydrogens (primary N) is 1. The van der Waals surface area contributed by atoms with E-state index in [1.54, 1.807) is 18.4 Å². The average Bonchev–Trinajstić information content (AvgIpc) is 2.70. The molecule has 0 spiro atoms. The summed E-state index contributed by atoms with van der Waals surface area (Å²) < 4.78 is 18.1. The van der Waals surface area contributed by atoms with Crippen LogP contribution in [-0.4, -0.2) is 0 Å². The molecule has 2 nitrogen and oxygen atoms in total. The summed E-state index contributed by atoms with van der Waals surface area (Å²) in [6, 6.07) is 9.84. The third-order valence-electron chi connectivity index (χ3n) is 2.25. The highest BCUT2D eigenvalue weighted by molar-refractivity contribution is 5.19. The monoisotopic (exact) mass is 205 g/mol. The Bertz CT molecular complexity index is 425. The number of halogens is 1. The molecule has 1 heterocycles. The molecular weight excluding hydrogens is 193 g/mol. The van der Waals surface area contributed by atoms with Crippen LogP contribution in [0.5, 0.6) is 0 Å². The Hall–Kier alpha value is -1.61. The lowest BCUT2D eigenvalue weighted by Gasteiger charge is -2.08. The number of hydrogen-bond donors (Lipinski definition) is 1. The van der Waals surface area contributed by atoms with E-state index in [-0.39, 0.29) is 11.9 Å². The van der Waals surface area contributed by atoms with Gasteiger partial charge >= 0.3 is 0 Å². The lowest BCUT2D eigenvalue weighted by Crippen LogP contribution is -2.12. The van der Waals surface area contributed by atoms with Gasteiger partial charge in [-0.2, -0.15) is 0 Å². The van der Waals surface area contributed by atoms with E-state index in [0.29, 0.717) is 6.42 Å². The topological polar surface area (TPSA) is 39.2 Å². The molecule has 2 rings (SSSR count). The van der Waals surface area contributed by atoms with E-state index in [1.165, 1.54) is 12.1 Å². The number of furan rings is 1. The Morgan fingerprint density at radius 2 is 2.13 bits per heavy atom. The van der Waals surface area contributed by atoms with Crippen molar-refractivity contribution in [3.63, 3.8) is 0 Å². The smallest absolute Gasteiger partial charge is 0.123 e. The summed E-state index contributed by atoms with van der Waals surface area (Å²) in [7, 11) is 0. The van der Waals surface area contributed by atoms with Crippen LogP contribution in [-0.2, 0) is 6.42 Å². The van der Waals surface area contributed by atoms with E-state index in [2.05, 4.69) is 0 Å². The minimum Gasteiger partial charge on any atom is -0.468 e. The molecule has 2 N–H and O–H groups in total. The first kappa shape index (κ1) is 9.93. The zero-order valence-electron chi connectivity index (χ0n) is 8.19. The van der Waals surface area contributed by atoms with Crippen molar-refractivity contribution in [3.05, 3.63) is 59.8 Å². The maximum atomic E-state index is 12.9. The van der Waals surface area contributed by atoms with Gasteiger partial charge in [0.1, 0.15) is 11.6 Å². The average molecular weight is 205 g/mol. The minimum atomic E-state index is -0.237. The highest BCUT2D eigenvalue weighted by Gasteiger charge is 2.09. The number of rotatable bonds is 3. The Morgan fingerprint density at radius 3 is 2.80 bits per heavy atom. The lowest BCUT2D eigenvalue weighted by molar-refractivity contribution is 0.464. The molecule has 0 radical (unpaired) electrons. The summed E-state index contributed by atoms with van der Waals surface area (Å²) in [5, 5.41) is 0. The fourth-order valence-corrected chi connectivity index (χ4v) is 1.52. The Labute approximate surface area is 87.5 Å². The van der Waals surface area contributed by atoms with Crippen molar-refractivity contribution in [2.24, 2.45) is 5.73 Å². The van der Waals surface area contributed by atoms with Crippen LogP contribution >= 0.6 is 0 Å². The van der Waals surface area contributed by atoms with Crippen molar-refractivity contribution in [3.8, 4) is 0 Å². The summed E-state index contributed by atoms with van der Waals surface area (Å²) in [5.41, 5.74) is 6.78. The first-order valence-electron chi connectivity index (χ1n) is 4.79. The van der Waals surface area contributed by atoms with E-state index < -0.39 is 0 Å². The van der Waals surface area contributed by atoms with E-state index in [4.69, 9.17) is 10.2 Å². The van der Waals surface area contributed by atoms with Crippen LogP contribution < -0.4 is 5.73 Å². The largest absolute Gasteiger partial charge is 0.468 e. The van der Waals surface area contributed by atoms with Crippen LogP contribution in [0.1, 0.15) is 17.4 Å². The van der Waals surface area contributed by atoms with Crippen molar-refractivity contribution in [2.75, 3.05) is 0 Å². The first-order chi connectivity index (χ1) is 7.25. The normalized spacial score (nSPS) is 12.7. The molecule has 1 atom stereocenters. The van der Waals surface area contributed by atoms with Gasteiger partial charge in [0.2, 0.25) is 0 Å². The molecule has 0 saturated carbocycles. The third-order valence-corrected chi connectivity index (χ3v) is 2.25. The molecule has 0 bridgehead atoms. The molecular formula is C12H12FNO. The van der Waals surface area contributed by atoms with E-state index in [1.807, 2.05) is 12.1 Å². The zero-order valence-corrected chi connectivity index (χ0v) is 8.19. The standard InChI is InChI=1S/C12H12FNO/c13-10-4-1-3-9(7-10)8-11(14)12-5-2-6-15-12/h1-7,11H,8,14H2. The van der Waals surface area contributed by atoms with Crippen LogP contribution in [0.3, 0.4) is 0 Å². The van der Waals surface area contributed by atoms with Gasteiger partial charge in [-0.25, -0.2) is 4.39 Å². The fraction of sp³-hybridized carbons (Fsp3) is 0.167. The van der Waals surface area contributed by atoms with Crippen LogP contribution in [0.2, 0.25) is 0 Å².